The Morgan fingerprint density at radius 3 is 2.62 bits per heavy atom. The molecule has 0 bridgehead atoms. The molecule has 1 amide bonds. The van der Waals surface area contributed by atoms with Crippen LogP contribution in [0.25, 0.3) is 11.3 Å². The predicted molar refractivity (Wildman–Crippen MR) is 138 cm³/mol. The van der Waals surface area contributed by atoms with Crippen molar-refractivity contribution in [2.45, 2.75) is 71.1 Å². The maximum atomic E-state index is 12.9. The number of aromatic nitrogens is 2. The third kappa shape index (κ3) is 5.14. The van der Waals surface area contributed by atoms with Crippen molar-refractivity contribution >= 4 is 17.4 Å². The van der Waals surface area contributed by atoms with Gasteiger partial charge < -0.3 is 11.1 Å². The van der Waals surface area contributed by atoms with Crippen molar-refractivity contribution in [2.75, 3.05) is 11.1 Å². The van der Waals surface area contributed by atoms with Gasteiger partial charge in [0.15, 0.2) is 5.82 Å². The molecular weight excluding hydrogens is 420 g/mol. The molecule has 0 atom stereocenters. The molecule has 3 aromatic rings. The van der Waals surface area contributed by atoms with Crippen molar-refractivity contribution in [1.29, 1.82) is 0 Å². The van der Waals surface area contributed by atoms with Crippen LogP contribution in [0, 0.1) is 12.8 Å². The standard InChI is InChI=1S/C29H34N4O/c1-19-7-9-21(10-8-19)17-27(34)33-29-26(15-11-20-5-3-2-4-6-20)31-28-24-14-13-23(30)18-22(24)12-16-25(28)32-29/h7-10,13-14,18,20H,2-6,11-12,15-17,30H2,1H3,(H,32,33,34). The van der Waals surface area contributed by atoms with Gasteiger partial charge in [-0.1, -0.05) is 68.0 Å². The molecule has 2 aromatic carbocycles. The number of carbonyl (C=O) groups is 1. The summed E-state index contributed by atoms with van der Waals surface area (Å²) in [5, 5.41) is 3.11. The van der Waals surface area contributed by atoms with Crippen LogP contribution in [0.2, 0.25) is 0 Å². The van der Waals surface area contributed by atoms with Crippen molar-refractivity contribution in [2.24, 2.45) is 5.92 Å². The second-order valence-corrected chi connectivity index (χ2v) is 9.98. The lowest BCUT2D eigenvalue weighted by Gasteiger charge is -2.23. The lowest BCUT2D eigenvalue weighted by molar-refractivity contribution is -0.115. The molecule has 0 radical (unpaired) electrons. The van der Waals surface area contributed by atoms with E-state index in [1.807, 2.05) is 30.3 Å². The van der Waals surface area contributed by atoms with E-state index in [1.54, 1.807) is 0 Å². The molecule has 176 valence electrons. The summed E-state index contributed by atoms with van der Waals surface area (Å²) in [6.07, 6.45) is 10.6. The van der Waals surface area contributed by atoms with Gasteiger partial charge in [0.2, 0.25) is 5.91 Å². The Morgan fingerprint density at radius 2 is 1.82 bits per heavy atom. The molecular formula is C29H34N4O. The van der Waals surface area contributed by atoms with Gasteiger partial charge >= 0.3 is 0 Å². The number of amides is 1. The number of nitrogens with one attached hydrogen (secondary N) is 1. The monoisotopic (exact) mass is 454 g/mol. The molecule has 1 fully saturated rings. The molecule has 3 N–H and O–H groups in total. The predicted octanol–water partition coefficient (Wildman–Crippen LogP) is 5.83. The molecule has 0 spiro atoms. The van der Waals surface area contributed by atoms with E-state index >= 15 is 0 Å². The van der Waals surface area contributed by atoms with Crippen molar-refractivity contribution in [3.05, 3.63) is 70.5 Å². The Balaban J connectivity index is 1.42. The molecule has 1 aromatic heterocycles. The Kier molecular flexibility index (Phi) is 6.61. The summed E-state index contributed by atoms with van der Waals surface area (Å²) < 4.78 is 0. The van der Waals surface area contributed by atoms with Crippen LogP contribution in [0.5, 0.6) is 0 Å². The van der Waals surface area contributed by atoms with E-state index in [4.69, 9.17) is 15.7 Å². The van der Waals surface area contributed by atoms with Gasteiger partial charge in [-0.25, -0.2) is 9.97 Å². The van der Waals surface area contributed by atoms with Crippen molar-refractivity contribution < 1.29 is 4.79 Å². The number of fused-ring (bicyclic) bond motifs is 3. The van der Waals surface area contributed by atoms with Gasteiger partial charge in [0.1, 0.15) is 0 Å². The van der Waals surface area contributed by atoms with Crippen LogP contribution >= 0.6 is 0 Å². The highest BCUT2D eigenvalue weighted by molar-refractivity contribution is 5.92. The Labute approximate surface area is 202 Å². The normalized spacial score (nSPS) is 15.4. The van der Waals surface area contributed by atoms with E-state index in [0.717, 1.165) is 65.5 Å². The maximum Gasteiger partial charge on any atom is 0.229 e. The topological polar surface area (TPSA) is 80.9 Å². The Morgan fingerprint density at radius 1 is 1.03 bits per heavy atom. The molecule has 1 heterocycles. The summed E-state index contributed by atoms with van der Waals surface area (Å²) in [6, 6.07) is 14.2. The summed E-state index contributed by atoms with van der Waals surface area (Å²) in [7, 11) is 0. The summed E-state index contributed by atoms with van der Waals surface area (Å²) >= 11 is 0. The van der Waals surface area contributed by atoms with Crippen LogP contribution in [0.3, 0.4) is 0 Å². The molecule has 1 saturated carbocycles. The first-order valence-electron chi connectivity index (χ1n) is 12.7. The number of rotatable bonds is 6. The van der Waals surface area contributed by atoms with Gasteiger partial charge in [0.25, 0.3) is 0 Å². The smallest absolute Gasteiger partial charge is 0.229 e. The number of carbonyl (C=O) groups excluding carboxylic acids is 1. The number of nitrogen functional groups attached to an aromatic ring is 1. The number of nitrogens with two attached hydrogens (primary N) is 1. The van der Waals surface area contributed by atoms with Crippen LogP contribution in [0.4, 0.5) is 11.5 Å². The number of nitrogens with zero attached hydrogens (tertiary/aromatic N) is 2. The molecule has 34 heavy (non-hydrogen) atoms. The summed E-state index contributed by atoms with van der Waals surface area (Å²) in [5.74, 6) is 1.35. The van der Waals surface area contributed by atoms with Gasteiger partial charge in [-0.2, -0.15) is 0 Å². The average Bonchev–Trinajstić information content (AvgIpc) is 2.84. The van der Waals surface area contributed by atoms with E-state index < -0.39 is 0 Å². The highest BCUT2D eigenvalue weighted by Crippen LogP contribution is 2.35. The fourth-order valence-corrected chi connectivity index (χ4v) is 5.36. The number of hydrogen-bond acceptors (Lipinski definition) is 4. The van der Waals surface area contributed by atoms with E-state index in [2.05, 4.69) is 24.4 Å². The third-order valence-electron chi connectivity index (χ3n) is 7.31. The zero-order valence-corrected chi connectivity index (χ0v) is 20.1. The maximum absolute atomic E-state index is 12.9. The lowest BCUT2D eigenvalue weighted by Crippen LogP contribution is -2.20. The highest BCUT2D eigenvalue weighted by atomic mass is 16.1. The first kappa shape index (κ1) is 22.6. The largest absolute Gasteiger partial charge is 0.399 e. The molecule has 0 unspecified atom stereocenters. The van der Waals surface area contributed by atoms with Crippen LogP contribution in [0.1, 0.15) is 66.6 Å². The Bertz CT molecular complexity index is 1180. The molecule has 2 aliphatic carbocycles. The second kappa shape index (κ2) is 9.96. The van der Waals surface area contributed by atoms with Gasteiger partial charge in [0, 0.05) is 11.3 Å². The summed E-state index contributed by atoms with van der Waals surface area (Å²) in [4.78, 5) is 23.0. The summed E-state index contributed by atoms with van der Waals surface area (Å²) in [5.41, 5.74) is 14.2. The SMILES string of the molecule is Cc1ccc(CC(=O)Nc2nc3c(nc2CCC2CCCCC2)-c2ccc(N)cc2CC3)cc1. The fourth-order valence-electron chi connectivity index (χ4n) is 5.36. The van der Waals surface area contributed by atoms with E-state index in [9.17, 15) is 4.79 Å². The first-order valence-corrected chi connectivity index (χ1v) is 12.7. The zero-order chi connectivity index (χ0) is 23.5. The quantitative estimate of drug-likeness (QED) is 0.459. The van der Waals surface area contributed by atoms with Crippen molar-refractivity contribution in [3.8, 4) is 11.3 Å². The van der Waals surface area contributed by atoms with Gasteiger partial charge in [-0.3, -0.25) is 4.79 Å². The van der Waals surface area contributed by atoms with E-state index in [-0.39, 0.29) is 5.91 Å². The average molecular weight is 455 g/mol. The molecule has 0 aliphatic heterocycles. The van der Waals surface area contributed by atoms with Gasteiger partial charge in [-0.05, 0) is 61.8 Å². The molecule has 5 rings (SSSR count). The van der Waals surface area contributed by atoms with E-state index in [0.29, 0.717) is 12.2 Å². The lowest BCUT2D eigenvalue weighted by atomic mass is 9.85. The van der Waals surface area contributed by atoms with Crippen molar-refractivity contribution in [3.63, 3.8) is 0 Å². The van der Waals surface area contributed by atoms with Gasteiger partial charge in [-0.15, -0.1) is 0 Å². The third-order valence-corrected chi connectivity index (χ3v) is 7.31. The minimum atomic E-state index is -0.0407. The second-order valence-electron chi connectivity index (χ2n) is 9.98. The van der Waals surface area contributed by atoms with Crippen LogP contribution in [-0.2, 0) is 30.5 Å². The van der Waals surface area contributed by atoms with Crippen LogP contribution in [-0.4, -0.2) is 15.9 Å². The first-order chi connectivity index (χ1) is 16.5. The zero-order valence-electron chi connectivity index (χ0n) is 20.1. The van der Waals surface area contributed by atoms with Gasteiger partial charge in [0.05, 0.1) is 23.5 Å². The number of anilines is 2. The minimum absolute atomic E-state index is 0.0407. The number of hydrogen-bond donors (Lipinski definition) is 2. The molecule has 0 saturated heterocycles. The molecule has 5 nitrogen and oxygen atoms in total. The van der Waals surface area contributed by atoms with Crippen LogP contribution < -0.4 is 11.1 Å². The van der Waals surface area contributed by atoms with E-state index in [1.165, 1.54) is 43.2 Å². The van der Waals surface area contributed by atoms with Crippen LogP contribution in [0.15, 0.2) is 42.5 Å². The number of aryl methyl sites for hydroxylation is 4. The summed E-state index contributed by atoms with van der Waals surface area (Å²) in [6.45, 7) is 2.05. The number of benzene rings is 2. The highest BCUT2D eigenvalue weighted by Gasteiger charge is 2.23. The minimum Gasteiger partial charge on any atom is -0.399 e. The molecule has 5 heteroatoms. The Hall–Kier alpha value is -3.21. The molecule has 2 aliphatic rings. The van der Waals surface area contributed by atoms with Crippen molar-refractivity contribution in [1.82, 2.24) is 9.97 Å². The fraction of sp³-hybridized carbons (Fsp3) is 0.414.